The predicted molar refractivity (Wildman–Crippen MR) is 83.4 cm³/mol. The molecule has 0 aromatic heterocycles. The molecule has 0 saturated carbocycles. The van der Waals surface area contributed by atoms with Crippen molar-refractivity contribution in [1.82, 2.24) is 15.5 Å². The van der Waals surface area contributed by atoms with Crippen LogP contribution in [0.3, 0.4) is 0 Å². The fourth-order valence-corrected chi connectivity index (χ4v) is 2.04. The van der Waals surface area contributed by atoms with Crippen molar-refractivity contribution in [2.45, 2.75) is 26.9 Å². The van der Waals surface area contributed by atoms with Crippen LogP contribution in [0.1, 0.15) is 25.0 Å². The first-order valence-corrected chi connectivity index (χ1v) is 7.24. The lowest BCUT2D eigenvalue weighted by Gasteiger charge is -2.16. The Morgan fingerprint density at radius 1 is 1.25 bits per heavy atom. The second-order valence-electron chi connectivity index (χ2n) is 5.43. The fourth-order valence-electron chi connectivity index (χ4n) is 2.04. The van der Waals surface area contributed by atoms with Crippen molar-refractivity contribution < 1.29 is 4.79 Å². The molecular weight excluding hydrogens is 250 g/mol. The van der Waals surface area contributed by atoms with E-state index in [1.807, 2.05) is 40.1 Å². The average Bonchev–Trinajstić information content (AvgIpc) is 2.42. The first kappa shape index (κ1) is 16.7. The molecule has 1 aromatic rings. The number of hydrogen-bond donors (Lipinski definition) is 2. The summed E-state index contributed by atoms with van der Waals surface area (Å²) in [6.45, 7) is 7.09. The molecule has 0 bridgehead atoms. The molecular formula is C16H27N3O. The van der Waals surface area contributed by atoms with Crippen molar-refractivity contribution in [3.63, 3.8) is 0 Å². The van der Waals surface area contributed by atoms with E-state index in [9.17, 15) is 4.79 Å². The first-order chi connectivity index (χ1) is 9.54. The van der Waals surface area contributed by atoms with Gasteiger partial charge in [-0.1, -0.05) is 38.1 Å². The van der Waals surface area contributed by atoms with Gasteiger partial charge < -0.3 is 15.5 Å². The molecule has 112 valence electrons. The average molecular weight is 277 g/mol. The van der Waals surface area contributed by atoms with E-state index in [2.05, 4.69) is 27.7 Å². The molecule has 1 rings (SSSR count). The van der Waals surface area contributed by atoms with Gasteiger partial charge >= 0.3 is 0 Å². The Labute approximate surface area is 122 Å². The third-order valence-electron chi connectivity index (χ3n) is 3.21. The van der Waals surface area contributed by atoms with Crippen LogP contribution in [0.2, 0.25) is 0 Å². The number of benzene rings is 1. The summed E-state index contributed by atoms with van der Waals surface area (Å²) in [6, 6.07) is 8.25. The van der Waals surface area contributed by atoms with Gasteiger partial charge in [-0.25, -0.2) is 0 Å². The lowest BCUT2D eigenvalue weighted by Crippen LogP contribution is -2.35. The molecule has 20 heavy (non-hydrogen) atoms. The van der Waals surface area contributed by atoms with Gasteiger partial charge in [-0.05, 0) is 31.8 Å². The van der Waals surface area contributed by atoms with Crippen molar-refractivity contribution >= 4 is 5.91 Å². The van der Waals surface area contributed by atoms with Crippen molar-refractivity contribution in [2.24, 2.45) is 5.92 Å². The third kappa shape index (κ3) is 5.72. The van der Waals surface area contributed by atoms with Crippen molar-refractivity contribution in [1.29, 1.82) is 0 Å². The summed E-state index contributed by atoms with van der Waals surface area (Å²) in [7, 11) is 4.10. The van der Waals surface area contributed by atoms with Gasteiger partial charge in [-0.3, -0.25) is 4.79 Å². The van der Waals surface area contributed by atoms with Gasteiger partial charge in [0.05, 0.1) is 0 Å². The molecule has 0 aliphatic rings. The van der Waals surface area contributed by atoms with Gasteiger partial charge in [-0.2, -0.15) is 0 Å². The minimum Gasteiger partial charge on any atom is -0.352 e. The zero-order valence-corrected chi connectivity index (χ0v) is 13.1. The zero-order valence-electron chi connectivity index (χ0n) is 13.1. The maximum absolute atomic E-state index is 12.0. The highest BCUT2D eigenvalue weighted by atomic mass is 16.1. The van der Waals surface area contributed by atoms with Crippen LogP contribution in [0.15, 0.2) is 24.3 Å². The number of carbonyl (C=O) groups excluding carboxylic acids is 1. The Kier molecular flexibility index (Phi) is 7.26. The van der Waals surface area contributed by atoms with E-state index in [1.54, 1.807) is 0 Å². The molecule has 0 aliphatic heterocycles. The van der Waals surface area contributed by atoms with Crippen LogP contribution in [0.4, 0.5) is 0 Å². The van der Waals surface area contributed by atoms with E-state index in [-0.39, 0.29) is 11.8 Å². The molecule has 0 saturated heterocycles. The minimum absolute atomic E-state index is 0.00374. The maximum Gasteiger partial charge on any atom is 0.224 e. The SMILES string of the molecule is CCNCC(C)C(=O)NCc1ccccc1CN(C)C. The molecule has 1 atom stereocenters. The van der Waals surface area contributed by atoms with E-state index in [1.165, 1.54) is 11.1 Å². The van der Waals surface area contributed by atoms with Gasteiger partial charge in [0.1, 0.15) is 0 Å². The highest BCUT2D eigenvalue weighted by molar-refractivity contribution is 5.78. The van der Waals surface area contributed by atoms with Gasteiger partial charge in [0, 0.05) is 25.6 Å². The Hall–Kier alpha value is -1.39. The van der Waals surface area contributed by atoms with E-state index < -0.39 is 0 Å². The zero-order chi connectivity index (χ0) is 15.0. The summed E-state index contributed by atoms with van der Waals surface area (Å²) in [4.78, 5) is 14.1. The number of nitrogens with zero attached hydrogens (tertiary/aromatic N) is 1. The standard InChI is InChI=1S/C16H27N3O/c1-5-17-10-13(2)16(20)18-11-14-8-6-7-9-15(14)12-19(3)4/h6-9,13,17H,5,10-12H2,1-4H3,(H,18,20). The molecule has 0 spiro atoms. The lowest BCUT2D eigenvalue weighted by atomic mass is 10.1. The second-order valence-corrected chi connectivity index (χ2v) is 5.43. The fraction of sp³-hybridized carbons (Fsp3) is 0.562. The molecule has 2 N–H and O–H groups in total. The van der Waals surface area contributed by atoms with E-state index in [0.717, 1.165) is 19.6 Å². The summed E-state index contributed by atoms with van der Waals surface area (Å²) in [6.07, 6.45) is 0. The van der Waals surface area contributed by atoms with Crippen molar-refractivity contribution in [2.75, 3.05) is 27.2 Å². The maximum atomic E-state index is 12.0. The van der Waals surface area contributed by atoms with E-state index in [4.69, 9.17) is 0 Å². The molecule has 0 fully saturated rings. The van der Waals surface area contributed by atoms with Crippen molar-refractivity contribution in [3.8, 4) is 0 Å². The predicted octanol–water partition coefficient (Wildman–Crippen LogP) is 1.61. The lowest BCUT2D eigenvalue weighted by molar-refractivity contribution is -0.124. The molecule has 0 heterocycles. The van der Waals surface area contributed by atoms with Gasteiger partial charge in [0.25, 0.3) is 0 Å². The Morgan fingerprint density at radius 2 is 1.90 bits per heavy atom. The summed E-state index contributed by atoms with van der Waals surface area (Å²) >= 11 is 0. The summed E-state index contributed by atoms with van der Waals surface area (Å²) < 4.78 is 0. The molecule has 1 unspecified atom stereocenters. The number of rotatable bonds is 8. The van der Waals surface area contributed by atoms with Crippen LogP contribution >= 0.6 is 0 Å². The molecule has 4 heteroatoms. The second kappa shape index (κ2) is 8.72. The number of hydrogen-bond acceptors (Lipinski definition) is 3. The third-order valence-corrected chi connectivity index (χ3v) is 3.21. The Balaban J connectivity index is 2.54. The highest BCUT2D eigenvalue weighted by Gasteiger charge is 2.12. The Bertz CT molecular complexity index is 418. The normalized spacial score (nSPS) is 12.4. The summed E-state index contributed by atoms with van der Waals surface area (Å²) in [5, 5.41) is 6.22. The van der Waals surface area contributed by atoms with Crippen LogP contribution in [0, 0.1) is 5.92 Å². The highest BCUT2D eigenvalue weighted by Crippen LogP contribution is 2.10. The van der Waals surface area contributed by atoms with Crippen LogP contribution in [0.5, 0.6) is 0 Å². The van der Waals surface area contributed by atoms with Crippen LogP contribution in [-0.4, -0.2) is 38.0 Å². The summed E-state index contributed by atoms with van der Waals surface area (Å²) in [5.74, 6) is 0.0987. The summed E-state index contributed by atoms with van der Waals surface area (Å²) in [5.41, 5.74) is 2.45. The molecule has 1 aromatic carbocycles. The Morgan fingerprint density at radius 3 is 2.50 bits per heavy atom. The molecule has 0 radical (unpaired) electrons. The molecule has 0 aliphatic carbocycles. The quantitative estimate of drug-likeness (QED) is 0.759. The van der Waals surface area contributed by atoms with Crippen LogP contribution < -0.4 is 10.6 Å². The van der Waals surface area contributed by atoms with Gasteiger partial charge in [0.2, 0.25) is 5.91 Å². The van der Waals surface area contributed by atoms with Crippen molar-refractivity contribution in [3.05, 3.63) is 35.4 Å². The smallest absolute Gasteiger partial charge is 0.224 e. The topological polar surface area (TPSA) is 44.4 Å². The molecule has 1 amide bonds. The number of carbonyl (C=O) groups is 1. The van der Waals surface area contributed by atoms with Gasteiger partial charge in [-0.15, -0.1) is 0 Å². The van der Waals surface area contributed by atoms with Crippen LogP contribution in [-0.2, 0) is 17.9 Å². The van der Waals surface area contributed by atoms with E-state index >= 15 is 0 Å². The van der Waals surface area contributed by atoms with Crippen LogP contribution in [0.25, 0.3) is 0 Å². The largest absolute Gasteiger partial charge is 0.352 e. The number of amides is 1. The van der Waals surface area contributed by atoms with Gasteiger partial charge in [0.15, 0.2) is 0 Å². The monoisotopic (exact) mass is 277 g/mol. The van der Waals surface area contributed by atoms with E-state index in [0.29, 0.717) is 6.54 Å². The number of nitrogens with one attached hydrogen (secondary N) is 2. The molecule has 4 nitrogen and oxygen atoms in total. The minimum atomic E-state index is -0.00374. The first-order valence-electron chi connectivity index (χ1n) is 7.24.